The number of rotatable bonds is 4. The molecular formula is C15H19N5O2. The monoisotopic (exact) mass is 301 g/mol. The third kappa shape index (κ3) is 3.19. The molecule has 0 saturated carbocycles. The average Bonchev–Trinajstić information content (AvgIpc) is 3.09. The van der Waals surface area contributed by atoms with Crippen molar-refractivity contribution in [3.05, 3.63) is 36.4 Å². The smallest absolute Gasteiger partial charge is 0.289 e. The number of furan rings is 1. The number of aromatic nitrogens is 2. The molecule has 1 aliphatic rings. The zero-order chi connectivity index (χ0) is 15.4. The van der Waals surface area contributed by atoms with Gasteiger partial charge in [0.2, 0.25) is 5.95 Å². The summed E-state index contributed by atoms with van der Waals surface area (Å²) in [4.78, 5) is 22.7. The highest BCUT2D eigenvalue weighted by Crippen LogP contribution is 2.17. The molecule has 1 fully saturated rings. The molecule has 2 aromatic rings. The zero-order valence-electron chi connectivity index (χ0n) is 12.5. The lowest BCUT2D eigenvalue weighted by atomic mass is 10.1. The number of nitrogens with zero attached hydrogens (tertiary/aromatic N) is 3. The summed E-state index contributed by atoms with van der Waals surface area (Å²) in [6.07, 6.45) is 5.14. The van der Waals surface area contributed by atoms with E-state index in [9.17, 15) is 4.79 Å². The fraction of sp³-hybridized carbons (Fsp3) is 0.400. The standard InChI is InChI=1S/C15H19N5O2/c1-16-13-6-7-17-15(19-13)18-11-4-2-8-20(10-11)14(21)12-5-3-9-22-12/h3,5-7,9,11H,2,4,8,10H2,1H3,(H2,16,17,18,19)/t11-/m1/s1. The molecule has 7 nitrogen and oxygen atoms in total. The van der Waals surface area contributed by atoms with Crippen LogP contribution in [0.15, 0.2) is 35.1 Å². The number of anilines is 2. The summed E-state index contributed by atoms with van der Waals surface area (Å²) in [6.45, 7) is 1.36. The molecule has 0 spiro atoms. The van der Waals surface area contributed by atoms with Gasteiger partial charge in [-0.25, -0.2) is 4.98 Å². The number of carbonyl (C=O) groups excluding carboxylic acids is 1. The third-order valence-electron chi connectivity index (χ3n) is 3.69. The van der Waals surface area contributed by atoms with E-state index >= 15 is 0 Å². The predicted molar refractivity (Wildman–Crippen MR) is 82.8 cm³/mol. The lowest BCUT2D eigenvalue weighted by Gasteiger charge is -2.32. The molecule has 1 saturated heterocycles. The number of likely N-dealkylation sites (tertiary alicyclic amines) is 1. The van der Waals surface area contributed by atoms with Gasteiger partial charge in [-0.1, -0.05) is 0 Å². The number of carbonyl (C=O) groups is 1. The molecular weight excluding hydrogens is 282 g/mol. The van der Waals surface area contributed by atoms with Gasteiger partial charge in [0.05, 0.1) is 6.26 Å². The Morgan fingerprint density at radius 1 is 1.45 bits per heavy atom. The number of hydrogen-bond donors (Lipinski definition) is 2. The van der Waals surface area contributed by atoms with E-state index in [0.717, 1.165) is 25.2 Å². The minimum absolute atomic E-state index is 0.0682. The van der Waals surface area contributed by atoms with Gasteiger partial charge in [-0.15, -0.1) is 0 Å². The van der Waals surface area contributed by atoms with Gasteiger partial charge in [0.15, 0.2) is 5.76 Å². The summed E-state index contributed by atoms with van der Waals surface area (Å²) in [7, 11) is 1.82. The van der Waals surface area contributed by atoms with Crippen LogP contribution >= 0.6 is 0 Å². The summed E-state index contributed by atoms with van der Waals surface area (Å²) in [5.41, 5.74) is 0. The third-order valence-corrected chi connectivity index (χ3v) is 3.69. The molecule has 0 aliphatic carbocycles. The first-order valence-electron chi connectivity index (χ1n) is 7.36. The highest BCUT2D eigenvalue weighted by atomic mass is 16.3. The van der Waals surface area contributed by atoms with Gasteiger partial charge in [-0.3, -0.25) is 4.79 Å². The second-order valence-electron chi connectivity index (χ2n) is 5.23. The van der Waals surface area contributed by atoms with Gasteiger partial charge in [0.1, 0.15) is 5.82 Å². The predicted octanol–water partition coefficient (Wildman–Crippen LogP) is 1.83. The van der Waals surface area contributed by atoms with Crippen molar-refractivity contribution < 1.29 is 9.21 Å². The fourth-order valence-corrected chi connectivity index (χ4v) is 2.59. The Balaban J connectivity index is 1.64. The molecule has 116 valence electrons. The topological polar surface area (TPSA) is 83.3 Å². The van der Waals surface area contributed by atoms with Gasteiger partial charge >= 0.3 is 0 Å². The summed E-state index contributed by atoms with van der Waals surface area (Å²) in [6, 6.07) is 5.36. The van der Waals surface area contributed by atoms with E-state index in [1.807, 2.05) is 11.9 Å². The zero-order valence-corrected chi connectivity index (χ0v) is 12.5. The van der Waals surface area contributed by atoms with Gasteiger partial charge < -0.3 is 20.0 Å². The van der Waals surface area contributed by atoms with Crippen LogP contribution in [0.3, 0.4) is 0 Å². The van der Waals surface area contributed by atoms with Crippen LogP contribution in [0.2, 0.25) is 0 Å². The molecule has 2 N–H and O–H groups in total. The van der Waals surface area contributed by atoms with Gasteiger partial charge in [0, 0.05) is 32.4 Å². The normalized spacial score (nSPS) is 18.0. The quantitative estimate of drug-likeness (QED) is 0.896. The lowest BCUT2D eigenvalue weighted by Crippen LogP contribution is -2.45. The molecule has 0 unspecified atom stereocenters. The van der Waals surface area contributed by atoms with Crippen LogP contribution in [0.4, 0.5) is 11.8 Å². The summed E-state index contributed by atoms with van der Waals surface area (Å²) >= 11 is 0. The van der Waals surface area contributed by atoms with E-state index in [2.05, 4.69) is 20.6 Å². The Morgan fingerprint density at radius 2 is 2.36 bits per heavy atom. The van der Waals surface area contributed by atoms with Crippen molar-refractivity contribution in [2.75, 3.05) is 30.8 Å². The number of amides is 1. The number of piperidine rings is 1. The van der Waals surface area contributed by atoms with E-state index in [4.69, 9.17) is 4.42 Å². The van der Waals surface area contributed by atoms with Crippen molar-refractivity contribution in [1.82, 2.24) is 14.9 Å². The molecule has 0 radical (unpaired) electrons. The maximum atomic E-state index is 12.3. The second kappa shape index (κ2) is 6.46. The molecule has 0 bridgehead atoms. The summed E-state index contributed by atoms with van der Waals surface area (Å²) in [5, 5.41) is 6.28. The lowest BCUT2D eigenvalue weighted by molar-refractivity contribution is 0.0682. The maximum Gasteiger partial charge on any atom is 0.289 e. The minimum atomic E-state index is -0.0682. The van der Waals surface area contributed by atoms with E-state index in [-0.39, 0.29) is 11.9 Å². The molecule has 1 atom stereocenters. The number of nitrogens with one attached hydrogen (secondary N) is 2. The Labute approximate surface area is 128 Å². The van der Waals surface area contributed by atoms with Crippen molar-refractivity contribution in [2.24, 2.45) is 0 Å². The van der Waals surface area contributed by atoms with Crippen molar-refractivity contribution in [1.29, 1.82) is 0 Å². The molecule has 3 heterocycles. The van der Waals surface area contributed by atoms with Crippen LogP contribution < -0.4 is 10.6 Å². The fourth-order valence-electron chi connectivity index (χ4n) is 2.59. The van der Waals surface area contributed by atoms with E-state index in [1.54, 1.807) is 24.4 Å². The van der Waals surface area contributed by atoms with Crippen LogP contribution in [0.1, 0.15) is 23.4 Å². The van der Waals surface area contributed by atoms with Gasteiger partial charge in [-0.05, 0) is 31.0 Å². The second-order valence-corrected chi connectivity index (χ2v) is 5.23. The van der Waals surface area contributed by atoms with Crippen LogP contribution in [0, 0.1) is 0 Å². The van der Waals surface area contributed by atoms with Gasteiger partial charge in [-0.2, -0.15) is 4.98 Å². The molecule has 1 aliphatic heterocycles. The largest absolute Gasteiger partial charge is 0.459 e. The SMILES string of the molecule is CNc1ccnc(N[C@@H]2CCCN(C(=O)c3ccco3)C2)n1. The molecule has 1 amide bonds. The van der Waals surface area contributed by atoms with Crippen LogP contribution in [0.25, 0.3) is 0 Å². The Morgan fingerprint density at radius 3 is 3.14 bits per heavy atom. The maximum absolute atomic E-state index is 12.3. The summed E-state index contributed by atoms with van der Waals surface area (Å²) < 4.78 is 5.19. The van der Waals surface area contributed by atoms with Crippen LogP contribution in [0.5, 0.6) is 0 Å². The van der Waals surface area contributed by atoms with Gasteiger partial charge in [0.25, 0.3) is 5.91 Å². The first-order valence-corrected chi connectivity index (χ1v) is 7.36. The highest BCUT2D eigenvalue weighted by Gasteiger charge is 2.26. The van der Waals surface area contributed by atoms with Crippen molar-refractivity contribution in [3.8, 4) is 0 Å². The van der Waals surface area contributed by atoms with E-state index in [0.29, 0.717) is 18.3 Å². The molecule has 22 heavy (non-hydrogen) atoms. The molecule has 2 aromatic heterocycles. The number of hydrogen-bond acceptors (Lipinski definition) is 6. The molecule has 3 rings (SSSR count). The van der Waals surface area contributed by atoms with E-state index in [1.165, 1.54) is 6.26 Å². The molecule has 7 heteroatoms. The Bertz CT molecular complexity index is 629. The van der Waals surface area contributed by atoms with Crippen LogP contribution in [-0.4, -0.2) is 47.0 Å². The Hall–Kier alpha value is -2.57. The van der Waals surface area contributed by atoms with Crippen LogP contribution in [-0.2, 0) is 0 Å². The van der Waals surface area contributed by atoms with Crippen molar-refractivity contribution in [3.63, 3.8) is 0 Å². The minimum Gasteiger partial charge on any atom is -0.459 e. The Kier molecular flexibility index (Phi) is 4.22. The first-order chi connectivity index (χ1) is 10.8. The molecule has 0 aromatic carbocycles. The first kappa shape index (κ1) is 14.4. The van der Waals surface area contributed by atoms with E-state index < -0.39 is 0 Å². The summed E-state index contributed by atoms with van der Waals surface area (Å²) in [5.74, 6) is 1.65. The average molecular weight is 301 g/mol. The highest BCUT2D eigenvalue weighted by molar-refractivity contribution is 5.91. The van der Waals surface area contributed by atoms with Crippen molar-refractivity contribution >= 4 is 17.7 Å². The van der Waals surface area contributed by atoms with Crippen molar-refractivity contribution in [2.45, 2.75) is 18.9 Å².